The van der Waals surface area contributed by atoms with Crippen LogP contribution in [0.25, 0.3) is 11.4 Å². The first kappa shape index (κ1) is 10.2. The number of benzene rings is 1. The lowest BCUT2D eigenvalue weighted by Crippen LogP contribution is -1.98. The van der Waals surface area contributed by atoms with E-state index < -0.39 is 0 Å². The number of hydrogen-bond donors (Lipinski definition) is 0. The lowest BCUT2D eigenvalue weighted by atomic mass is 10.2. The van der Waals surface area contributed by atoms with Gasteiger partial charge >= 0.3 is 0 Å². The van der Waals surface area contributed by atoms with Crippen molar-refractivity contribution < 1.29 is 4.74 Å². The number of rotatable bonds is 3. The number of nitrogens with zero attached hydrogens (tertiary/aromatic N) is 3. The largest absolute Gasteiger partial charge is 0.496 e. The minimum atomic E-state index is 0.285. The van der Waals surface area contributed by atoms with Crippen molar-refractivity contribution in [2.24, 2.45) is 0 Å². The van der Waals surface area contributed by atoms with Gasteiger partial charge in [0.25, 0.3) is 0 Å². The van der Waals surface area contributed by atoms with Gasteiger partial charge in [-0.3, -0.25) is 0 Å². The fraction of sp³-hybridized carbons (Fsp3) is 0.167. The molecule has 4 heteroatoms. The van der Waals surface area contributed by atoms with Gasteiger partial charge < -0.3 is 9.30 Å². The number of methoxy groups -OCH3 is 1. The monoisotopic (exact) mass is 213 g/mol. The Bertz CT molecular complexity index is 525. The lowest BCUT2D eigenvalue weighted by Gasteiger charge is -2.08. The number of aromatic nitrogens is 2. The van der Waals surface area contributed by atoms with Crippen molar-refractivity contribution in [3.05, 3.63) is 36.7 Å². The van der Waals surface area contributed by atoms with Crippen molar-refractivity contribution in [3.8, 4) is 23.2 Å². The SMILES string of the molecule is COc1ccccc1-c1nccn1CC#N. The molecule has 0 N–H and O–H groups in total. The van der Waals surface area contributed by atoms with Crippen LogP contribution in [0, 0.1) is 11.3 Å². The molecule has 0 spiro atoms. The second-order valence-corrected chi connectivity index (χ2v) is 3.24. The van der Waals surface area contributed by atoms with E-state index in [-0.39, 0.29) is 6.54 Å². The zero-order chi connectivity index (χ0) is 11.4. The summed E-state index contributed by atoms with van der Waals surface area (Å²) in [4.78, 5) is 4.25. The lowest BCUT2D eigenvalue weighted by molar-refractivity contribution is 0.416. The number of ether oxygens (including phenoxy) is 1. The van der Waals surface area contributed by atoms with Gasteiger partial charge in [0.1, 0.15) is 18.1 Å². The normalized spacial score (nSPS) is 9.75. The van der Waals surface area contributed by atoms with Gasteiger partial charge in [-0.15, -0.1) is 0 Å². The van der Waals surface area contributed by atoms with Crippen LogP contribution < -0.4 is 4.74 Å². The Balaban J connectivity index is 2.50. The highest BCUT2D eigenvalue weighted by Gasteiger charge is 2.10. The average Bonchev–Trinajstić information content (AvgIpc) is 2.77. The van der Waals surface area contributed by atoms with Crippen molar-refractivity contribution in [3.63, 3.8) is 0 Å². The molecule has 0 bridgehead atoms. The number of imidazole rings is 1. The zero-order valence-corrected chi connectivity index (χ0v) is 8.92. The molecule has 1 aromatic carbocycles. The van der Waals surface area contributed by atoms with Crippen LogP contribution in [0.15, 0.2) is 36.7 Å². The Morgan fingerprint density at radius 2 is 2.25 bits per heavy atom. The van der Waals surface area contributed by atoms with Gasteiger partial charge in [0.05, 0.1) is 18.7 Å². The van der Waals surface area contributed by atoms with E-state index in [0.717, 1.165) is 17.1 Å². The van der Waals surface area contributed by atoms with Gasteiger partial charge in [-0.2, -0.15) is 5.26 Å². The second-order valence-electron chi connectivity index (χ2n) is 3.24. The molecule has 80 valence electrons. The quantitative estimate of drug-likeness (QED) is 0.784. The third kappa shape index (κ3) is 1.75. The van der Waals surface area contributed by atoms with E-state index in [1.165, 1.54) is 0 Å². The summed E-state index contributed by atoms with van der Waals surface area (Å²) in [6, 6.07) is 9.72. The number of para-hydroxylation sites is 1. The van der Waals surface area contributed by atoms with Gasteiger partial charge in [0.15, 0.2) is 0 Å². The highest BCUT2D eigenvalue weighted by Crippen LogP contribution is 2.27. The first-order valence-corrected chi connectivity index (χ1v) is 4.88. The zero-order valence-electron chi connectivity index (χ0n) is 8.92. The van der Waals surface area contributed by atoms with Crippen LogP contribution in [0.1, 0.15) is 0 Å². The molecule has 0 saturated heterocycles. The van der Waals surface area contributed by atoms with Gasteiger partial charge in [-0.1, -0.05) is 12.1 Å². The van der Waals surface area contributed by atoms with Crippen LogP contribution >= 0.6 is 0 Å². The summed E-state index contributed by atoms with van der Waals surface area (Å²) < 4.78 is 7.06. The van der Waals surface area contributed by atoms with Crippen LogP contribution in [-0.4, -0.2) is 16.7 Å². The summed E-state index contributed by atoms with van der Waals surface area (Å²) >= 11 is 0. The Labute approximate surface area is 93.7 Å². The first-order chi connectivity index (χ1) is 7.86. The third-order valence-corrected chi connectivity index (χ3v) is 2.30. The Hall–Kier alpha value is -2.28. The van der Waals surface area contributed by atoms with E-state index >= 15 is 0 Å². The highest BCUT2D eigenvalue weighted by atomic mass is 16.5. The minimum Gasteiger partial charge on any atom is -0.496 e. The van der Waals surface area contributed by atoms with Crippen LogP contribution in [0.5, 0.6) is 5.75 Å². The number of nitriles is 1. The summed E-state index contributed by atoms with van der Waals surface area (Å²) in [6.07, 6.45) is 3.46. The summed E-state index contributed by atoms with van der Waals surface area (Å²) in [5.41, 5.74) is 0.894. The standard InChI is InChI=1S/C12H11N3O/c1-16-11-5-3-2-4-10(11)12-14-7-9-15(12)8-6-13/h2-5,7,9H,8H2,1H3. The highest BCUT2D eigenvalue weighted by molar-refractivity contribution is 5.64. The molecule has 0 radical (unpaired) electrons. The van der Waals surface area contributed by atoms with E-state index in [4.69, 9.17) is 10.00 Å². The van der Waals surface area contributed by atoms with Crippen molar-refractivity contribution in [2.45, 2.75) is 6.54 Å². The second kappa shape index (κ2) is 4.49. The van der Waals surface area contributed by atoms with Crippen LogP contribution in [0.4, 0.5) is 0 Å². The Morgan fingerprint density at radius 1 is 1.44 bits per heavy atom. The van der Waals surface area contributed by atoms with Crippen LogP contribution in [0.2, 0.25) is 0 Å². The summed E-state index contributed by atoms with van der Waals surface area (Å²) in [5, 5.41) is 8.71. The van der Waals surface area contributed by atoms with Crippen molar-refractivity contribution in [1.29, 1.82) is 5.26 Å². The maximum Gasteiger partial charge on any atom is 0.144 e. The fourth-order valence-electron chi connectivity index (χ4n) is 1.59. The van der Waals surface area contributed by atoms with Crippen molar-refractivity contribution >= 4 is 0 Å². The summed E-state index contributed by atoms with van der Waals surface area (Å²) in [7, 11) is 1.62. The molecular formula is C12H11N3O. The van der Waals surface area contributed by atoms with E-state index in [2.05, 4.69) is 11.1 Å². The van der Waals surface area contributed by atoms with Gasteiger partial charge in [-0.25, -0.2) is 4.98 Å². The Kier molecular flexibility index (Phi) is 2.88. The van der Waals surface area contributed by atoms with E-state index in [1.54, 1.807) is 24.1 Å². The third-order valence-electron chi connectivity index (χ3n) is 2.30. The molecular weight excluding hydrogens is 202 g/mol. The van der Waals surface area contributed by atoms with Gasteiger partial charge in [-0.05, 0) is 12.1 Å². The molecule has 2 aromatic rings. The molecule has 0 saturated carbocycles. The Morgan fingerprint density at radius 3 is 3.00 bits per heavy atom. The maximum atomic E-state index is 8.71. The smallest absolute Gasteiger partial charge is 0.144 e. The molecule has 0 aliphatic heterocycles. The summed E-state index contributed by atoms with van der Waals surface area (Å²) in [6.45, 7) is 0.285. The molecule has 0 fully saturated rings. The molecule has 1 aromatic heterocycles. The molecule has 2 rings (SSSR count). The van der Waals surface area contributed by atoms with E-state index in [1.807, 2.05) is 24.3 Å². The first-order valence-electron chi connectivity index (χ1n) is 4.88. The van der Waals surface area contributed by atoms with Gasteiger partial charge in [0.2, 0.25) is 0 Å². The molecule has 0 atom stereocenters. The molecule has 4 nitrogen and oxygen atoms in total. The molecule has 16 heavy (non-hydrogen) atoms. The summed E-state index contributed by atoms with van der Waals surface area (Å²) in [5.74, 6) is 1.51. The molecule has 0 aliphatic rings. The fourth-order valence-corrected chi connectivity index (χ4v) is 1.59. The molecule has 0 unspecified atom stereocenters. The van der Waals surface area contributed by atoms with Crippen molar-refractivity contribution in [2.75, 3.05) is 7.11 Å². The predicted molar refractivity (Wildman–Crippen MR) is 59.8 cm³/mol. The van der Waals surface area contributed by atoms with Crippen LogP contribution in [0.3, 0.4) is 0 Å². The molecule has 0 amide bonds. The minimum absolute atomic E-state index is 0.285. The predicted octanol–water partition coefficient (Wildman–Crippen LogP) is 2.08. The van der Waals surface area contributed by atoms with Gasteiger partial charge in [0, 0.05) is 12.4 Å². The molecule has 1 heterocycles. The maximum absolute atomic E-state index is 8.71. The van der Waals surface area contributed by atoms with Crippen LogP contribution in [-0.2, 0) is 6.54 Å². The van der Waals surface area contributed by atoms with E-state index in [0.29, 0.717) is 0 Å². The average molecular weight is 213 g/mol. The van der Waals surface area contributed by atoms with E-state index in [9.17, 15) is 0 Å². The van der Waals surface area contributed by atoms with Crippen molar-refractivity contribution in [1.82, 2.24) is 9.55 Å². The molecule has 0 aliphatic carbocycles. The topological polar surface area (TPSA) is 50.8 Å². The number of hydrogen-bond acceptors (Lipinski definition) is 3.